The Morgan fingerprint density at radius 2 is 1.80 bits per heavy atom. The summed E-state index contributed by atoms with van der Waals surface area (Å²) in [5.74, 6) is 1.88. The second kappa shape index (κ2) is 3.46. The summed E-state index contributed by atoms with van der Waals surface area (Å²) in [7, 11) is 0. The summed E-state index contributed by atoms with van der Waals surface area (Å²) in [6.45, 7) is 5.97. The minimum atomic E-state index is 0.825. The van der Waals surface area contributed by atoms with Crippen LogP contribution in [-0.2, 0) is 0 Å². The number of hydrogen-bond donors (Lipinski definition) is 1. The van der Waals surface area contributed by atoms with Crippen molar-refractivity contribution in [3.05, 3.63) is 41.3 Å². The first-order valence-electron chi connectivity index (χ1n) is 5.02. The highest BCUT2D eigenvalue weighted by atomic mass is 16.3. The summed E-state index contributed by atoms with van der Waals surface area (Å²) in [4.78, 5) is 0. The molecule has 0 radical (unpaired) electrons. The van der Waals surface area contributed by atoms with Crippen LogP contribution in [-0.4, -0.2) is 0 Å². The summed E-state index contributed by atoms with van der Waals surface area (Å²) in [6.07, 6.45) is 0. The number of nitrogens with two attached hydrogens (primary N) is 1. The molecule has 2 nitrogen and oxygen atoms in total. The number of hydrogen-bond acceptors (Lipinski definition) is 2. The zero-order chi connectivity index (χ0) is 11.0. The van der Waals surface area contributed by atoms with Crippen LogP contribution in [0.1, 0.15) is 17.1 Å². The molecule has 1 heterocycles. The monoisotopic (exact) mass is 201 g/mol. The molecule has 0 unspecified atom stereocenters. The molecule has 1 aromatic heterocycles. The van der Waals surface area contributed by atoms with Gasteiger partial charge in [-0.15, -0.1) is 0 Å². The first-order valence-corrected chi connectivity index (χ1v) is 5.02. The SMILES string of the molecule is Cc1cc(-c2cccc(N)c2C)c(C)o1. The predicted molar refractivity (Wildman–Crippen MR) is 62.8 cm³/mol. The molecule has 2 N–H and O–H groups in total. The van der Waals surface area contributed by atoms with Crippen molar-refractivity contribution in [1.29, 1.82) is 0 Å². The van der Waals surface area contributed by atoms with Crippen molar-refractivity contribution in [2.75, 3.05) is 5.73 Å². The second-order valence-corrected chi connectivity index (χ2v) is 3.85. The first-order chi connectivity index (χ1) is 7.09. The van der Waals surface area contributed by atoms with E-state index in [0.29, 0.717) is 0 Å². The standard InChI is InChI=1S/C13H15NO/c1-8-7-12(10(3)15-8)11-5-4-6-13(14)9(11)2/h4-7H,14H2,1-3H3. The molecule has 2 aromatic rings. The van der Waals surface area contributed by atoms with E-state index in [-0.39, 0.29) is 0 Å². The van der Waals surface area contributed by atoms with Crippen LogP contribution >= 0.6 is 0 Å². The van der Waals surface area contributed by atoms with Gasteiger partial charge in [-0.2, -0.15) is 0 Å². The van der Waals surface area contributed by atoms with E-state index < -0.39 is 0 Å². The van der Waals surface area contributed by atoms with E-state index in [9.17, 15) is 0 Å². The van der Waals surface area contributed by atoms with E-state index in [4.69, 9.17) is 10.2 Å². The Bertz CT molecular complexity index is 497. The lowest BCUT2D eigenvalue weighted by molar-refractivity contribution is 0.505. The van der Waals surface area contributed by atoms with Crippen LogP contribution in [0.15, 0.2) is 28.7 Å². The van der Waals surface area contributed by atoms with Crippen molar-refractivity contribution in [2.45, 2.75) is 20.8 Å². The van der Waals surface area contributed by atoms with Crippen molar-refractivity contribution >= 4 is 5.69 Å². The molecule has 0 spiro atoms. The van der Waals surface area contributed by atoms with E-state index in [1.54, 1.807) is 0 Å². The highest BCUT2D eigenvalue weighted by molar-refractivity contribution is 5.74. The lowest BCUT2D eigenvalue weighted by atomic mass is 10.00. The average molecular weight is 201 g/mol. The fourth-order valence-electron chi connectivity index (χ4n) is 1.84. The van der Waals surface area contributed by atoms with Gasteiger partial charge in [0.05, 0.1) is 0 Å². The predicted octanol–water partition coefficient (Wildman–Crippen LogP) is 3.45. The summed E-state index contributed by atoms with van der Waals surface area (Å²) >= 11 is 0. The zero-order valence-corrected chi connectivity index (χ0v) is 9.29. The molecule has 2 rings (SSSR count). The van der Waals surface area contributed by atoms with Crippen LogP contribution in [0.2, 0.25) is 0 Å². The smallest absolute Gasteiger partial charge is 0.108 e. The Hall–Kier alpha value is -1.70. The van der Waals surface area contributed by atoms with E-state index in [0.717, 1.165) is 33.9 Å². The van der Waals surface area contributed by atoms with Crippen molar-refractivity contribution in [2.24, 2.45) is 0 Å². The van der Waals surface area contributed by atoms with E-state index >= 15 is 0 Å². The molecular weight excluding hydrogens is 186 g/mol. The molecule has 15 heavy (non-hydrogen) atoms. The van der Waals surface area contributed by atoms with Crippen LogP contribution in [0, 0.1) is 20.8 Å². The maximum Gasteiger partial charge on any atom is 0.108 e. The molecule has 78 valence electrons. The van der Waals surface area contributed by atoms with Gasteiger partial charge >= 0.3 is 0 Å². The van der Waals surface area contributed by atoms with Gasteiger partial charge in [-0.05, 0) is 44.0 Å². The molecule has 0 fully saturated rings. The number of rotatable bonds is 1. The fraction of sp³-hybridized carbons (Fsp3) is 0.231. The third-order valence-electron chi connectivity index (χ3n) is 2.71. The van der Waals surface area contributed by atoms with Gasteiger partial charge in [-0.25, -0.2) is 0 Å². The van der Waals surface area contributed by atoms with Gasteiger partial charge < -0.3 is 10.2 Å². The van der Waals surface area contributed by atoms with Crippen molar-refractivity contribution < 1.29 is 4.42 Å². The molecule has 0 saturated carbocycles. The Labute approximate surface area is 89.7 Å². The van der Waals surface area contributed by atoms with Gasteiger partial charge in [-0.3, -0.25) is 0 Å². The number of nitrogen functional groups attached to an aromatic ring is 1. The lowest BCUT2D eigenvalue weighted by Gasteiger charge is -2.06. The normalized spacial score (nSPS) is 10.6. The Morgan fingerprint density at radius 1 is 1.07 bits per heavy atom. The van der Waals surface area contributed by atoms with E-state index in [1.165, 1.54) is 0 Å². The van der Waals surface area contributed by atoms with Gasteiger partial charge in [0.25, 0.3) is 0 Å². The summed E-state index contributed by atoms with van der Waals surface area (Å²) in [5.41, 5.74) is 10.1. The van der Waals surface area contributed by atoms with E-state index in [1.807, 2.05) is 32.9 Å². The molecule has 1 aromatic carbocycles. The molecule has 0 aliphatic heterocycles. The number of aryl methyl sites for hydroxylation is 2. The Balaban J connectivity index is 2.64. The number of anilines is 1. The first kappa shape index (κ1) is 9.84. The lowest BCUT2D eigenvalue weighted by Crippen LogP contribution is -1.91. The van der Waals surface area contributed by atoms with Crippen molar-refractivity contribution in [3.63, 3.8) is 0 Å². The minimum absolute atomic E-state index is 0.825. The van der Waals surface area contributed by atoms with Gasteiger partial charge in [0.1, 0.15) is 11.5 Å². The topological polar surface area (TPSA) is 39.2 Å². The number of benzene rings is 1. The quantitative estimate of drug-likeness (QED) is 0.718. The van der Waals surface area contributed by atoms with Gasteiger partial charge in [-0.1, -0.05) is 12.1 Å². The zero-order valence-electron chi connectivity index (χ0n) is 9.29. The van der Waals surface area contributed by atoms with Crippen LogP contribution in [0.25, 0.3) is 11.1 Å². The molecule has 0 aliphatic rings. The Morgan fingerprint density at radius 3 is 2.40 bits per heavy atom. The van der Waals surface area contributed by atoms with Gasteiger partial charge in [0.15, 0.2) is 0 Å². The van der Waals surface area contributed by atoms with Crippen molar-refractivity contribution in [3.8, 4) is 11.1 Å². The molecule has 0 bridgehead atoms. The van der Waals surface area contributed by atoms with Crippen LogP contribution in [0.5, 0.6) is 0 Å². The third kappa shape index (κ3) is 1.63. The maximum absolute atomic E-state index is 5.88. The van der Waals surface area contributed by atoms with Crippen LogP contribution in [0.3, 0.4) is 0 Å². The molecule has 0 amide bonds. The number of furan rings is 1. The molecule has 2 heteroatoms. The fourth-order valence-corrected chi connectivity index (χ4v) is 1.84. The highest BCUT2D eigenvalue weighted by Gasteiger charge is 2.10. The summed E-state index contributed by atoms with van der Waals surface area (Å²) < 4.78 is 5.52. The molecule has 0 aliphatic carbocycles. The average Bonchev–Trinajstić information content (AvgIpc) is 2.50. The molecule has 0 atom stereocenters. The third-order valence-corrected chi connectivity index (χ3v) is 2.71. The maximum atomic E-state index is 5.88. The van der Waals surface area contributed by atoms with Crippen LogP contribution < -0.4 is 5.73 Å². The van der Waals surface area contributed by atoms with Crippen LogP contribution in [0.4, 0.5) is 5.69 Å². The highest BCUT2D eigenvalue weighted by Crippen LogP contribution is 2.31. The van der Waals surface area contributed by atoms with Gasteiger partial charge in [0.2, 0.25) is 0 Å². The largest absolute Gasteiger partial charge is 0.466 e. The Kier molecular flexibility index (Phi) is 2.27. The molecular formula is C13H15NO. The summed E-state index contributed by atoms with van der Waals surface area (Å²) in [6, 6.07) is 8.01. The summed E-state index contributed by atoms with van der Waals surface area (Å²) in [5, 5.41) is 0. The molecule has 0 saturated heterocycles. The van der Waals surface area contributed by atoms with Gasteiger partial charge in [0, 0.05) is 11.3 Å². The van der Waals surface area contributed by atoms with E-state index in [2.05, 4.69) is 12.1 Å². The van der Waals surface area contributed by atoms with Crippen molar-refractivity contribution in [1.82, 2.24) is 0 Å². The minimum Gasteiger partial charge on any atom is -0.466 e. The second-order valence-electron chi connectivity index (χ2n) is 3.85.